The van der Waals surface area contributed by atoms with E-state index in [1.165, 1.54) is 0 Å². The molecule has 0 N–H and O–H groups in total. The maximum atomic E-state index is 10.6. The minimum atomic E-state index is -0.951. The highest BCUT2D eigenvalue weighted by atomic mass is 16.2. The minimum absolute atomic E-state index is 0.770. The molecule has 0 bridgehead atoms. The van der Waals surface area contributed by atoms with Crippen molar-refractivity contribution in [1.29, 1.82) is 0 Å². The Balaban J connectivity index is 4.03. The summed E-state index contributed by atoms with van der Waals surface area (Å²) in [5, 5.41) is 8.68. The Kier molecular flexibility index (Phi) is 8.52. The summed E-state index contributed by atoms with van der Waals surface area (Å²) in [6, 6.07) is 0. The van der Waals surface area contributed by atoms with Gasteiger partial charge in [0.15, 0.2) is 0 Å². The SMILES string of the molecule is CCCCN(CCCC)N=NC(=O)[C]=O. The van der Waals surface area contributed by atoms with Gasteiger partial charge in [-0.2, -0.15) is 0 Å². The number of carbonyl (C=O) groups is 1. The van der Waals surface area contributed by atoms with Crippen LogP contribution in [-0.4, -0.2) is 30.3 Å². The molecule has 0 aromatic carbocycles. The van der Waals surface area contributed by atoms with Gasteiger partial charge in [0.1, 0.15) is 0 Å². The van der Waals surface area contributed by atoms with Crippen LogP contribution in [0.25, 0.3) is 0 Å². The van der Waals surface area contributed by atoms with Gasteiger partial charge in [-0.05, 0) is 12.8 Å². The summed E-state index contributed by atoms with van der Waals surface area (Å²) in [4.78, 5) is 20.5. The molecule has 15 heavy (non-hydrogen) atoms. The number of nitrogens with zero attached hydrogens (tertiary/aromatic N) is 3. The first-order valence-electron chi connectivity index (χ1n) is 5.33. The lowest BCUT2D eigenvalue weighted by molar-refractivity contribution is -0.112. The normalized spacial score (nSPS) is 10.5. The summed E-state index contributed by atoms with van der Waals surface area (Å²) >= 11 is 0. The van der Waals surface area contributed by atoms with Gasteiger partial charge in [-0.25, -0.2) is 0 Å². The monoisotopic (exact) mass is 212 g/mol. The van der Waals surface area contributed by atoms with E-state index in [1.807, 2.05) is 0 Å². The van der Waals surface area contributed by atoms with Crippen LogP contribution in [0.4, 0.5) is 0 Å². The third-order valence-electron chi connectivity index (χ3n) is 1.89. The quantitative estimate of drug-likeness (QED) is 0.350. The van der Waals surface area contributed by atoms with Crippen LogP contribution in [0.15, 0.2) is 10.3 Å². The van der Waals surface area contributed by atoms with Crippen molar-refractivity contribution in [1.82, 2.24) is 5.01 Å². The van der Waals surface area contributed by atoms with E-state index in [1.54, 1.807) is 5.01 Å². The Labute approximate surface area is 90.5 Å². The zero-order valence-electron chi connectivity index (χ0n) is 9.40. The molecule has 0 saturated carbocycles. The van der Waals surface area contributed by atoms with Crippen LogP contribution in [-0.2, 0) is 9.59 Å². The van der Waals surface area contributed by atoms with Gasteiger partial charge in [-0.1, -0.05) is 37.0 Å². The van der Waals surface area contributed by atoms with Gasteiger partial charge in [0.25, 0.3) is 6.29 Å². The molecule has 1 amide bonds. The van der Waals surface area contributed by atoms with Crippen molar-refractivity contribution < 1.29 is 9.59 Å². The molecule has 0 aromatic heterocycles. The van der Waals surface area contributed by atoms with Crippen molar-refractivity contribution in [3.8, 4) is 0 Å². The summed E-state index contributed by atoms with van der Waals surface area (Å²) in [5.41, 5.74) is 0. The second-order valence-corrected chi connectivity index (χ2v) is 3.26. The highest BCUT2D eigenvalue weighted by Crippen LogP contribution is 2.00. The molecule has 0 spiro atoms. The van der Waals surface area contributed by atoms with Gasteiger partial charge in [0.05, 0.1) is 0 Å². The first kappa shape index (κ1) is 13.7. The molecule has 0 heterocycles. The van der Waals surface area contributed by atoms with Gasteiger partial charge in [-0.3, -0.25) is 14.6 Å². The van der Waals surface area contributed by atoms with Crippen molar-refractivity contribution in [3.05, 3.63) is 0 Å². The third kappa shape index (κ3) is 7.78. The van der Waals surface area contributed by atoms with E-state index < -0.39 is 5.91 Å². The van der Waals surface area contributed by atoms with Gasteiger partial charge >= 0.3 is 5.91 Å². The molecule has 5 nitrogen and oxygen atoms in total. The van der Waals surface area contributed by atoms with Crippen LogP contribution >= 0.6 is 0 Å². The van der Waals surface area contributed by atoms with Gasteiger partial charge in [0, 0.05) is 13.1 Å². The predicted molar refractivity (Wildman–Crippen MR) is 56.9 cm³/mol. The third-order valence-corrected chi connectivity index (χ3v) is 1.89. The van der Waals surface area contributed by atoms with E-state index in [0.29, 0.717) is 0 Å². The second kappa shape index (κ2) is 9.30. The minimum Gasteiger partial charge on any atom is -0.279 e. The zero-order valence-corrected chi connectivity index (χ0v) is 9.40. The number of hydrogen-bond acceptors (Lipinski definition) is 3. The Hall–Kier alpha value is -1.26. The number of unbranched alkanes of at least 4 members (excludes halogenated alkanes) is 2. The lowest BCUT2D eigenvalue weighted by Gasteiger charge is -2.15. The van der Waals surface area contributed by atoms with Crippen molar-refractivity contribution in [2.24, 2.45) is 10.3 Å². The summed E-state index contributed by atoms with van der Waals surface area (Å²) in [7, 11) is 0. The van der Waals surface area contributed by atoms with Crippen molar-refractivity contribution in [2.75, 3.05) is 13.1 Å². The van der Waals surface area contributed by atoms with E-state index in [-0.39, 0.29) is 0 Å². The maximum absolute atomic E-state index is 10.6. The summed E-state index contributed by atoms with van der Waals surface area (Å²) in [6.45, 7) is 5.71. The smallest absolute Gasteiger partial charge is 0.279 e. The molecule has 85 valence electrons. The molecule has 0 aromatic rings. The number of rotatable bonds is 8. The molecule has 0 atom stereocenters. The molecular formula is C10H18N3O2. The fourth-order valence-electron chi connectivity index (χ4n) is 1.01. The Morgan fingerprint density at radius 2 is 1.73 bits per heavy atom. The molecule has 1 radical (unpaired) electrons. The van der Waals surface area contributed by atoms with Crippen molar-refractivity contribution in [3.63, 3.8) is 0 Å². The molecule has 0 rings (SSSR count). The lowest BCUT2D eigenvalue weighted by atomic mass is 10.3. The average molecular weight is 212 g/mol. The van der Waals surface area contributed by atoms with Crippen LogP contribution in [0.1, 0.15) is 39.5 Å². The molecule has 0 saturated heterocycles. The molecular weight excluding hydrogens is 194 g/mol. The molecule has 0 fully saturated rings. The van der Waals surface area contributed by atoms with Gasteiger partial charge in [0.2, 0.25) is 0 Å². The number of amides is 1. The molecule has 0 aliphatic carbocycles. The summed E-state index contributed by atoms with van der Waals surface area (Å²) in [6.07, 6.45) is 5.28. The first-order valence-corrected chi connectivity index (χ1v) is 5.33. The summed E-state index contributed by atoms with van der Waals surface area (Å²) < 4.78 is 0. The largest absolute Gasteiger partial charge is 0.341 e. The molecule has 0 unspecified atom stereocenters. The van der Waals surface area contributed by atoms with Crippen LogP contribution in [0, 0.1) is 0 Å². The Morgan fingerprint density at radius 3 is 2.13 bits per heavy atom. The van der Waals surface area contributed by atoms with Crippen LogP contribution in [0.3, 0.4) is 0 Å². The average Bonchev–Trinajstić information content (AvgIpc) is 2.27. The Morgan fingerprint density at radius 1 is 1.20 bits per heavy atom. The molecule has 0 aliphatic rings. The van der Waals surface area contributed by atoms with Gasteiger partial charge < -0.3 is 0 Å². The van der Waals surface area contributed by atoms with E-state index in [9.17, 15) is 9.59 Å². The molecule has 0 aliphatic heterocycles. The highest BCUT2D eigenvalue weighted by molar-refractivity contribution is 6.24. The van der Waals surface area contributed by atoms with E-state index in [0.717, 1.165) is 45.1 Å². The maximum Gasteiger partial charge on any atom is 0.341 e. The fraction of sp³-hybridized carbons (Fsp3) is 0.800. The number of carbonyl (C=O) groups excluding carboxylic acids is 2. The van der Waals surface area contributed by atoms with Gasteiger partial charge in [-0.15, -0.1) is 0 Å². The number of hydrogen-bond donors (Lipinski definition) is 0. The zero-order chi connectivity index (χ0) is 11.5. The van der Waals surface area contributed by atoms with Crippen molar-refractivity contribution >= 4 is 12.2 Å². The first-order chi connectivity index (χ1) is 7.24. The van der Waals surface area contributed by atoms with E-state index in [2.05, 4.69) is 24.2 Å². The fourth-order valence-corrected chi connectivity index (χ4v) is 1.01. The lowest BCUT2D eigenvalue weighted by Crippen LogP contribution is -2.20. The Bertz CT molecular complexity index is 209. The second-order valence-electron chi connectivity index (χ2n) is 3.26. The van der Waals surface area contributed by atoms with Crippen molar-refractivity contribution in [2.45, 2.75) is 39.5 Å². The topological polar surface area (TPSA) is 62.1 Å². The van der Waals surface area contributed by atoms with E-state index in [4.69, 9.17) is 0 Å². The van der Waals surface area contributed by atoms with Crippen LogP contribution in [0.2, 0.25) is 0 Å². The van der Waals surface area contributed by atoms with E-state index >= 15 is 0 Å². The predicted octanol–water partition coefficient (Wildman–Crippen LogP) is 1.89. The van der Waals surface area contributed by atoms with Crippen LogP contribution < -0.4 is 0 Å². The standard InChI is InChI=1S/C10H18N3O2/c1-3-5-7-13(8-6-4-2)12-11-10(15)9-14/h3-8H2,1-2H3. The molecule has 5 heteroatoms. The highest BCUT2D eigenvalue weighted by Gasteiger charge is 2.01. The van der Waals surface area contributed by atoms with Crippen LogP contribution in [0.5, 0.6) is 0 Å². The summed E-state index contributed by atoms with van der Waals surface area (Å²) in [5.74, 6) is -0.951.